The number of hydrogen-bond donors (Lipinski definition) is 0. The van der Waals surface area contributed by atoms with Crippen molar-refractivity contribution in [1.29, 1.82) is 0 Å². The quantitative estimate of drug-likeness (QED) is 0.171. The van der Waals surface area contributed by atoms with Crippen molar-refractivity contribution in [3.63, 3.8) is 0 Å². The van der Waals surface area contributed by atoms with Gasteiger partial charge in [-0.3, -0.25) is 4.79 Å². The van der Waals surface area contributed by atoms with Crippen LogP contribution in [0.25, 0.3) is 0 Å². The Labute approximate surface area is 205 Å². The predicted molar refractivity (Wildman–Crippen MR) is 128 cm³/mol. The van der Waals surface area contributed by atoms with Crippen LogP contribution in [0.5, 0.6) is 11.5 Å². The second-order valence-corrected chi connectivity index (χ2v) is 8.05. The highest BCUT2D eigenvalue weighted by atomic mass is 19.3. The molecular weight excluding hydrogens is 472 g/mol. The second-order valence-electron chi connectivity index (χ2n) is 8.05. The van der Waals surface area contributed by atoms with Crippen molar-refractivity contribution in [2.45, 2.75) is 26.1 Å². The van der Waals surface area contributed by atoms with Crippen LogP contribution < -0.4 is 9.47 Å². The average molecular weight is 494 g/mol. The zero-order chi connectivity index (χ0) is 25.5. The number of carbonyl (C=O) groups excluding carboxylic acids is 1. The molecule has 0 bridgehead atoms. The van der Waals surface area contributed by atoms with Gasteiger partial charge in [0.2, 0.25) is 0 Å². The van der Waals surface area contributed by atoms with Gasteiger partial charge >= 0.3 is 13.2 Å². The second kappa shape index (κ2) is 11.5. The Kier molecular flexibility index (Phi) is 8.00. The summed E-state index contributed by atoms with van der Waals surface area (Å²) >= 11 is 0. The molecule has 4 rings (SSSR count). The van der Waals surface area contributed by atoms with Crippen LogP contribution in [0, 0.1) is 0 Å². The monoisotopic (exact) mass is 494 g/mol. The standard InChI is InChI=1S/C29H22F4O3/c30-28(31)35-23-11-13-25(21(17-23)15-19-7-3-1-4-8-19)27(34)26-14-12-24(36-29(32)33)18-22(26)16-20-9-5-2-6-10-20/h1-14,17-18,28-29H,15-16H2. The maximum absolute atomic E-state index is 13.8. The van der Waals surface area contributed by atoms with E-state index < -0.39 is 13.2 Å². The lowest BCUT2D eigenvalue weighted by Gasteiger charge is -2.15. The van der Waals surface area contributed by atoms with Gasteiger partial charge in [0, 0.05) is 11.1 Å². The zero-order valence-corrected chi connectivity index (χ0v) is 19.0. The van der Waals surface area contributed by atoms with Gasteiger partial charge in [0.25, 0.3) is 0 Å². The van der Waals surface area contributed by atoms with Gasteiger partial charge in [0.1, 0.15) is 11.5 Å². The molecule has 0 heterocycles. The van der Waals surface area contributed by atoms with E-state index in [1.54, 1.807) is 0 Å². The fraction of sp³-hybridized carbons (Fsp3) is 0.138. The Morgan fingerprint density at radius 2 is 0.972 bits per heavy atom. The fourth-order valence-electron chi connectivity index (χ4n) is 4.00. The number of ether oxygens (including phenoxy) is 2. The van der Waals surface area contributed by atoms with Crippen LogP contribution >= 0.6 is 0 Å². The fourth-order valence-corrected chi connectivity index (χ4v) is 4.00. The van der Waals surface area contributed by atoms with E-state index >= 15 is 0 Å². The molecule has 0 unspecified atom stereocenters. The molecular formula is C29H22F4O3. The van der Waals surface area contributed by atoms with Crippen LogP contribution in [0.4, 0.5) is 17.6 Å². The normalized spacial score (nSPS) is 11.1. The molecule has 0 saturated carbocycles. The molecule has 0 radical (unpaired) electrons. The van der Waals surface area contributed by atoms with Gasteiger partial charge in [-0.15, -0.1) is 0 Å². The number of halogens is 4. The summed E-state index contributed by atoms with van der Waals surface area (Å²) in [5.41, 5.74) is 3.37. The van der Waals surface area contributed by atoms with E-state index in [4.69, 9.17) is 0 Å². The molecule has 36 heavy (non-hydrogen) atoms. The van der Waals surface area contributed by atoms with Crippen LogP contribution in [0.1, 0.15) is 38.2 Å². The smallest absolute Gasteiger partial charge is 0.387 e. The molecule has 0 aromatic heterocycles. The Bertz CT molecular complexity index is 1210. The third kappa shape index (κ3) is 6.50. The van der Waals surface area contributed by atoms with Crippen LogP contribution in [0.2, 0.25) is 0 Å². The first kappa shape index (κ1) is 25.0. The van der Waals surface area contributed by atoms with Gasteiger partial charge in [-0.25, -0.2) is 0 Å². The Hall–Kier alpha value is -4.13. The van der Waals surface area contributed by atoms with Crippen molar-refractivity contribution < 1.29 is 31.8 Å². The van der Waals surface area contributed by atoms with Crippen molar-refractivity contribution in [3.05, 3.63) is 130 Å². The highest BCUT2D eigenvalue weighted by Crippen LogP contribution is 2.28. The predicted octanol–water partition coefficient (Wildman–Crippen LogP) is 7.30. The highest BCUT2D eigenvalue weighted by molar-refractivity contribution is 6.11. The number of hydrogen-bond acceptors (Lipinski definition) is 3. The number of rotatable bonds is 10. The summed E-state index contributed by atoms with van der Waals surface area (Å²) in [5.74, 6) is -0.477. The molecule has 0 aliphatic heterocycles. The van der Waals surface area contributed by atoms with Crippen molar-refractivity contribution in [2.24, 2.45) is 0 Å². The molecule has 184 valence electrons. The van der Waals surface area contributed by atoms with Crippen LogP contribution in [-0.4, -0.2) is 19.0 Å². The number of ketones is 1. The summed E-state index contributed by atoms with van der Waals surface area (Å²) in [7, 11) is 0. The molecule has 4 aromatic rings. The van der Waals surface area contributed by atoms with Crippen LogP contribution in [0.3, 0.4) is 0 Å². The largest absolute Gasteiger partial charge is 0.435 e. The van der Waals surface area contributed by atoms with E-state index in [0.717, 1.165) is 11.1 Å². The summed E-state index contributed by atoms with van der Waals surface area (Å²) in [6.45, 7) is -6.01. The minimum absolute atomic E-state index is 0.0577. The van der Waals surface area contributed by atoms with Gasteiger partial charge in [-0.2, -0.15) is 17.6 Å². The number of carbonyl (C=O) groups is 1. The van der Waals surface area contributed by atoms with E-state index in [1.807, 2.05) is 60.7 Å². The third-order valence-electron chi connectivity index (χ3n) is 5.57. The van der Waals surface area contributed by atoms with Crippen molar-refractivity contribution in [1.82, 2.24) is 0 Å². The summed E-state index contributed by atoms with van der Waals surface area (Å²) < 4.78 is 60.5. The van der Waals surface area contributed by atoms with Gasteiger partial charge in [0.15, 0.2) is 5.78 Å². The zero-order valence-electron chi connectivity index (χ0n) is 19.0. The topological polar surface area (TPSA) is 35.5 Å². The highest BCUT2D eigenvalue weighted by Gasteiger charge is 2.20. The summed E-state index contributed by atoms with van der Waals surface area (Å²) in [6.07, 6.45) is 0.617. The Morgan fingerprint density at radius 3 is 1.33 bits per heavy atom. The minimum atomic E-state index is -3.00. The maximum atomic E-state index is 13.8. The molecule has 3 nitrogen and oxygen atoms in total. The summed E-state index contributed by atoms with van der Waals surface area (Å²) in [5, 5.41) is 0. The van der Waals surface area contributed by atoms with E-state index in [2.05, 4.69) is 9.47 Å². The van der Waals surface area contributed by atoms with E-state index in [-0.39, 0.29) is 17.3 Å². The maximum Gasteiger partial charge on any atom is 0.387 e. The minimum Gasteiger partial charge on any atom is -0.435 e. The third-order valence-corrected chi connectivity index (χ3v) is 5.57. The van der Waals surface area contributed by atoms with Gasteiger partial charge in [-0.1, -0.05) is 60.7 Å². The molecule has 0 amide bonds. The lowest BCUT2D eigenvalue weighted by atomic mass is 9.90. The molecule has 0 atom stereocenters. The van der Waals surface area contributed by atoms with Crippen LogP contribution in [-0.2, 0) is 12.8 Å². The number of alkyl halides is 4. The molecule has 0 N–H and O–H groups in total. The molecule has 0 spiro atoms. The summed E-state index contributed by atoms with van der Waals surface area (Å²) in [6, 6.07) is 26.9. The van der Waals surface area contributed by atoms with E-state index in [9.17, 15) is 22.4 Å². The molecule has 0 fully saturated rings. The summed E-state index contributed by atoms with van der Waals surface area (Å²) in [4.78, 5) is 13.8. The van der Waals surface area contributed by atoms with Crippen LogP contribution in [0.15, 0.2) is 97.1 Å². The number of benzene rings is 4. The lowest BCUT2D eigenvalue weighted by Crippen LogP contribution is -2.11. The van der Waals surface area contributed by atoms with Gasteiger partial charge < -0.3 is 9.47 Å². The SMILES string of the molecule is O=C(c1ccc(OC(F)F)cc1Cc1ccccc1)c1ccc(OC(F)F)cc1Cc1ccccc1. The first-order valence-electron chi connectivity index (χ1n) is 11.2. The Balaban J connectivity index is 1.76. The molecule has 0 saturated heterocycles. The molecule has 0 aliphatic carbocycles. The van der Waals surface area contributed by atoms with Gasteiger partial charge in [0.05, 0.1) is 0 Å². The van der Waals surface area contributed by atoms with E-state index in [0.29, 0.717) is 35.1 Å². The molecule has 4 aromatic carbocycles. The van der Waals surface area contributed by atoms with Crippen molar-refractivity contribution in [2.75, 3.05) is 0 Å². The molecule has 7 heteroatoms. The van der Waals surface area contributed by atoms with Crippen molar-refractivity contribution >= 4 is 5.78 Å². The van der Waals surface area contributed by atoms with Crippen molar-refractivity contribution in [3.8, 4) is 11.5 Å². The molecule has 0 aliphatic rings. The van der Waals surface area contributed by atoms with E-state index in [1.165, 1.54) is 36.4 Å². The average Bonchev–Trinajstić information content (AvgIpc) is 2.85. The lowest BCUT2D eigenvalue weighted by molar-refractivity contribution is -0.0505. The first-order chi connectivity index (χ1) is 17.4. The Morgan fingerprint density at radius 1 is 0.583 bits per heavy atom. The first-order valence-corrected chi connectivity index (χ1v) is 11.2. The van der Waals surface area contributed by atoms with Gasteiger partial charge in [-0.05, 0) is 71.5 Å².